The molecule has 0 aliphatic rings. The average molecular weight is 371 g/mol. The van der Waals surface area contributed by atoms with Crippen LogP contribution in [0.1, 0.15) is 17.4 Å². The maximum absolute atomic E-state index is 12.3. The molecule has 0 radical (unpaired) electrons. The minimum Gasteiger partial charge on any atom is -0.279 e. The number of hydrogen-bond acceptors (Lipinski definition) is 4. The molecule has 0 amide bonds. The first-order chi connectivity index (χ1) is 9.46. The van der Waals surface area contributed by atoms with Gasteiger partial charge in [-0.05, 0) is 42.3 Å². The van der Waals surface area contributed by atoms with Crippen molar-refractivity contribution in [3.63, 3.8) is 0 Å². The second-order valence-corrected chi connectivity index (χ2v) is 7.90. The molecule has 104 valence electrons. The number of anilines is 1. The molecule has 0 spiro atoms. The van der Waals surface area contributed by atoms with E-state index in [0.717, 1.165) is 21.4 Å². The zero-order valence-electron chi connectivity index (χ0n) is 10.6. The van der Waals surface area contributed by atoms with Crippen molar-refractivity contribution in [1.29, 1.82) is 5.26 Å². The van der Waals surface area contributed by atoms with E-state index in [1.807, 2.05) is 19.1 Å². The van der Waals surface area contributed by atoms with Gasteiger partial charge in [-0.15, -0.1) is 11.3 Å². The fraction of sp³-hybridized carbons (Fsp3) is 0.154. The number of sulfonamides is 1. The van der Waals surface area contributed by atoms with Gasteiger partial charge in [-0.25, -0.2) is 8.42 Å². The predicted octanol–water partition coefficient (Wildman–Crippen LogP) is 3.75. The molecule has 0 bridgehead atoms. The summed E-state index contributed by atoms with van der Waals surface area (Å²) in [6.07, 6.45) is 0.713. The van der Waals surface area contributed by atoms with Crippen molar-refractivity contribution in [3.8, 4) is 6.07 Å². The van der Waals surface area contributed by atoms with E-state index in [1.54, 1.807) is 12.1 Å². The number of hydrogen-bond donors (Lipinski definition) is 1. The molecule has 1 heterocycles. The highest BCUT2D eigenvalue weighted by Gasteiger charge is 2.18. The molecule has 0 aliphatic heterocycles. The van der Waals surface area contributed by atoms with E-state index in [4.69, 9.17) is 5.26 Å². The first kappa shape index (κ1) is 15.0. The van der Waals surface area contributed by atoms with E-state index < -0.39 is 10.0 Å². The summed E-state index contributed by atoms with van der Waals surface area (Å²) in [6.45, 7) is 1.96. The Balaban J connectivity index is 2.36. The van der Waals surface area contributed by atoms with Crippen LogP contribution in [0.25, 0.3) is 0 Å². The number of thiophene rings is 1. The summed E-state index contributed by atoms with van der Waals surface area (Å²) < 4.78 is 28.1. The molecule has 20 heavy (non-hydrogen) atoms. The summed E-state index contributed by atoms with van der Waals surface area (Å²) in [5.74, 6) is 0. The summed E-state index contributed by atoms with van der Waals surface area (Å²) >= 11 is 4.32. The Kier molecular flexibility index (Phi) is 4.48. The maximum Gasteiger partial charge on any atom is 0.271 e. The minimum absolute atomic E-state index is 0.138. The highest BCUT2D eigenvalue weighted by Crippen LogP contribution is 2.27. The Labute approximate surface area is 130 Å². The third kappa shape index (κ3) is 3.20. The van der Waals surface area contributed by atoms with Gasteiger partial charge in [0.2, 0.25) is 0 Å². The summed E-state index contributed by atoms with van der Waals surface area (Å²) in [5, 5.41) is 8.76. The smallest absolute Gasteiger partial charge is 0.271 e. The van der Waals surface area contributed by atoms with Gasteiger partial charge >= 0.3 is 0 Å². The predicted molar refractivity (Wildman–Crippen MR) is 83.4 cm³/mol. The van der Waals surface area contributed by atoms with Crippen molar-refractivity contribution in [3.05, 3.63) is 45.2 Å². The standard InChI is InChI=1S/C13H11BrN2O2S2/c1-2-9-7-10(14)3-5-12(9)16-20(17,18)13-6-4-11(8-15)19-13/h3-7,16H,2H2,1H3. The van der Waals surface area contributed by atoms with E-state index in [1.165, 1.54) is 12.1 Å². The number of halogens is 1. The molecular weight excluding hydrogens is 360 g/mol. The molecular formula is C13H11BrN2O2S2. The summed E-state index contributed by atoms with van der Waals surface area (Å²) in [7, 11) is -3.65. The van der Waals surface area contributed by atoms with Crippen LogP contribution in [0.15, 0.2) is 39.0 Å². The number of rotatable bonds is 4. The zero-order chi connectivity index (χ0) is 14.8. The third-order valence-electron chi connectivity index (χ3n) is 2.65. The lowest BCUT2D eigenvalue weighted by Crippen LogP contribution is -2.12. The fourth-order valence-corrected chi connectivity index (χ4v) is 4.29. The molecule has 0 unspecified atom stereocenters. The molecule has 4 nitrogen and oxygen atoms in total. The van der Waals surface area contributed by atoms with Crippen molar-refractivity contribution in [1.82, 2.24) is 0 Å². The number of nitrogens with zero attached hydrogens (tertiary/aromatic N) is 1. The monoisotopic (exact) mass is 370 g/mol. The zero-order valence-corrected chi connectivity index (χ0v) is 13.8. The highest BCUT2D eigenvalue weighted by atomic mass is 79.9. The van der Waals surface area contributed by atoms with Crippen LogP contribution < -0.4 is 4.72 Å². The highest BCUT2D eigenvalue weighted by molar-refractivity contribution is 9.10. The van der Waals surface area contributed by atoms with E-state index in [2.05, 4.69) is 20.7 Å². The molecule has 1 aromatic heterocycles. The van der Waals surface area contributed by atoms with Gasteiger partial charge in [0.05, 0.1) is 5.69 Å². The summed E-state index contributed by atoms with van der Waals surface area (Å²) in [6, 6.07) is 10.3. The van der Waals surface area contributed by atoms with Crippen molar-refractivity contribution in [2.24, 2.45) is 0 Å². The van der Waals surface area contributed by atoms with Gasteiger partial charge in [-0.3, -0.25) is 4.72 Å². The molecule has 0 aliphatic carbocycles. The molecule has 1 N–H and O–H groups in total. The molecule has 0 saturated carbocycles. The minimum atomic E-state index is -3.65. The van der Waals surface area contributed by atoms with Gasteiger partial charge in [0.1, 0.15) is 15.2 Å². The Morgan fingerprint density at radius 3 is 2.70 bits per heavy atom. The summed E-state index contributed by atoms with van der Waals surface area (Å²) in [5.41, 5.74) is 1.46. The van der Waals surface area contributed by atoms with Gasteiger partial charge in [0, 0.05) is 4.47 Å². The van der Waals surface area contributed by atoms with Crippen LogP contribution in [-0.2, 0) is 16.4 Å². The SMILES string of the molecule is CCc1cc(Br)ccc1NS(=O)(=O)c1ccc(C#N)s1. The molecule has 0 saturated heterocycles. The molecule has 2 aromatic rings. The largest absolute Gasteiger partial charge is 0.279 e. The van der Waals surface area contributed by atoms with Crippen LogP contribution in [0.3, 0.4) is 0 Å². The number of nitriles is 1. The second kappa shape index (κ2) is 5.95. The lowest BCUT2D eigenvalue weighted by Gasteiger charge is -2.11. The van der Waals surface area contributed by atoms with Crippen LogP contribution in [0.4, 0.5) is 5.69 Å². The topological polar surface area (TPSA) is 70.0 Å². The lowest BCUT2D eigenvalue weighted by molar-refractivity contribution is 0.603. The Morgan fingerprint density at radius 2 is 2.10 bits per heavy atom. The molecule has 7 heteroatoms. The van der Waals surface area contributed by atoms with Crippen molar-refractivity contribution in [2.75, 3.05) is 4.72 Å². The van der Waals surface area contributed by atoms with Crippen LogP contribution in [0.5, 0.6) is 0 Å². The average Bonchev–Trinajstić information content (AvgIpc) is 2.90. The van der Waals surface area contributed by atoms with Crippen molar-refractivity contribution < 1.29 is 8.42 Å². The number of aryl methyl sites for hydroxylation is 1. The van der Waals surface area contributed by atoms with Crippen molar-refractivity contribution >= 4 is 43.0 Å². The Hall–Kier alpha value is -1.36. The maximum atomic E-state index is 12.3. The van der Waals surface area contributed by atoms with Gasteiger partial charge < -0.3 is 0 Å². The van der Waals surface area contributed by atoms with Crippen LogP contribution in [0, 0.1) is 11.3 Å². The van der Waals surface area contributed by atoms with E-state index in [-0.39, 0.29) is 4.21 Å². The Morgan fingerprint density at radius 1 is 1.35 bits per heavy atom. The first-order valence-electron chi connectivity index (χ1n) is 5.77. The second-order valence-electron chi connectivity index (χ2n) is 3.99. The first-order valence-corrected chi connectivity index (χ1v) is 8.86. The van der Waals surface area contributed by atoms with Gasteiger partial charge in [-0.2, -0.15) is 5.26 Å². The van der Waals surface area contributed by atoms with E-state index >= 15 is 0 Å². The van der Waals surface area contributed by atoms with Crippen LogP contribution in [-0.4, -0.2) is 8.42 Å². The molecule has 0 fully saturated rings. The van der Waals surface area contributed by atoms with Gasteiger partial charge in [0.25, 0.3) is 10.0 Å². The van der Waals surface area contributed by atoms with Gasteiger partial charge in [-0.1, -0.05) is 22.9 Å². The lowest BCUT2D eigenvalue weighted by atomic mass is 10.1. The molecule has 1 aromatic carbocycles. The fourth-order valence-electron chi connectivity index (χ4n) is 1.67. The normalized spacial score (nSPS) is 11.1. The number of benzene rings is 1. The molecule has 2 rings (SSSR count). The van der Waals surface area contributed by atoms with Crippen LogP contribution >= 0.6 is 27.3 Å². The third-order valence-corrected chi connectivity index (χ3v) is 5.99. The van der Waals surface area contributed by atoms with E-state index in [9.17, 15) is 8.42 Å². The van der Waals surface area contributed by atoms with Gasteiger partial charge in [0.15, 0.2) is 0 Å². The van der Waals surface area contributed by atoms with Crippen molar-refractivity contribution in [2.45, 2.75) is 17.6 Å². The summed E-state index contributed by atoms with van der Waals surface area (Å²) in [4.78, 5) is 0.372. The van der Waals surface area contributed by atoms with Crippen LogP contribution in [0.2, 0.25) is 0 Å². The molecule has 0 atom stereocenters. The van der Waals surface area contributed by atoms with E-state index in [0.29, 0.717) is 17.0 Å². The number of nitrogens with one attached hydrogen (secondary N) is 1. The quantitative estimate of drug-likeness (QED) is 0.890. The Bertz CT molecular complexity index is 776.